The number of carbonyl (C=O) groups is 2. The number of hydrogen-bond donors (Lipinski definition) is 1. The molecule has 2 saturated carbocycles. The molecule has 0 aromatic carbocycles. The summed E-state index contributed by atoms with van der Waals surface area (Å²) in [6, 6.07) is 2.87. The lowest BCUT2D eigenvalue weighted by Gasteiger charge is -2.16. The monoisotopic (exact) mass is 331 g/mol. The van der Waals surface area contributed by atoms with E-state index in [1.807, 2.05) is 4.90 Å². The number of aromatic nitrogens is 1. The van der Waals surface area contributed by atoms with Gasteiger partial charge in [-0.1, -0.05) is 0 Å². The van der Waals surface area contributed by atoms with E-state index in [-0.39, 0.29) is 29.6 Å². The lowest BCUT2D eigenvalue weighted by molar-refractivity contribution is -0.130. The van der Waals surface area contributed by atoms with E-state index in [0.29, 0.717) is 24.7 Å². The Morgan fingerprint density at radius 2 is 2.21 bits per heavy atom. The second-order valence-corrected chi connectivity index (χ2v) is 7.52. The SMILES string of the molecule is O=C(NCC1CC1)C1CC12CCN(C(=O)Cc1ccc(F)cn1)C2. The number of nitrogens with zero attached hydrogens (tertiary/aromatic N) is 2. The maximum Gasteiger partial charge on any atom is 0.228 e. The second-order valence-electron chi connectivity index (χ2n) is 7.52. The van der Waals surface area contributed by atoms with Crippen LogP contribution in [0.3, 0.4) is 0 Å². The normalized spacial score (nSPS) is 28.2. The van der Waals surface area contributed by atoms with E-state index in [4.69, 9.17) is 0 Å². The van der Waals surface area contributed by atoms with E-state index < -0.39 is 5.82 Å². The number of carbonyl (C=O) groups excluding carboxylic acids is 2. The van der Waals surface area contributed by atoms with Crippen molar-refractivity contribution in [3.63, 3.8) is 0 Å². The van der Waals surface area contributed by atoms with Crippen molar-refractivity contribution < 1.29 is 14.0 Å². The summed E-state index contributed by atoms with van der Waals surface area (Å²) < 4.78 is 12.9. The molecule has 1 aromatic heterocycles. The number of amides is 2. The van der Waals surface area contributed by atoms with Gasteiger partial charge in [-0.2, -0.15) is 0 Å². The van der Waals surface area contributed by atoms with Crippen LogP contribution in [0.4, 0.5) is 4.39 Å². The summed E-state index contributed by atoms with van der Waals surface area (Å²) in [5, 5.41) is 3.06. The van der Waals surface area contributed by atoms with Gasteiger partial charge in [0.05, 0.1) is 12.6 Å². The first-order valence-corrected chi connectivity index (χ1v) is 8.72. The standard InChI is InChI=1S/C18H22FN3O2/c19-13-3-4-14(20-10-13)7-16(23)22-6-5-18(11-22)8-15(18)17(24)21-9-12-1-2-12/h3-4,10,12,15H,1-2,5-9,11H2,(H,21,24). The van der Waals surface area contributed by atoms with Gasteiger partial charge in [-0.25, -0.2) is 4.39 Å². The summed E-state index contributed by atoms with van der Waals surface area (Å²) in [5.74, 6) is 0.530. The van der Waals surface area contributed by atoms with E-state index in [2.05, 4.69) is 10.3 Å². The predicted octanol–water partition coefficient (Wildman–Crippen LogP) is 1.53. The van der Waals surface area contributed by atoms with Crippen LogP contribution < -0.4 is 5.32 Å². The molecule has 3 aliphatic rings. The fourth-order valence-corrected chi connectivity index (χ4v) is 3.75. The molecule has 5 nitrogen and oxygen atoms in total. The van der Waals surface area contributed by atoms with Crippen LogP contribution in [-0.4, -0.2) is 41.3 Å². The smallest absolute Gasteiger partial charge is 0.228 e. The van der Waals surface area contributed by atoms with Gasteiger partial charge in [0, 0.05) is 36.7 Å². The van der Waals surface area contributed by atoms with Gasteiger partial charge in [-0.05, 0) is 43.7 Å². The van der Waals surface area contributed by atoms with Gasteiger partial charge in [0.2, 0.25) is 11.8 Å². The Kier molecular flexibility index (Phi) is 3.77. The maximum absolute atomic E-state index is 12.9. The molecule has 0 radical (unpaired) electrons. The Morgan fingerprint density at radius 1 is 1.38 bits per heavy atom. The van der Waals surface area contributed by atoms with E-state index in [0.717, 1.165) is 25.6 Å². The highest BCUT2D eigenvalue weighted by Gasteiger charge is 2.61. The molecule has 1 aliphatic heterocycles. The summed E-state index contributed by atoms with van der Waals surface area (Å²) in [5.41, 5.74) is 0.580. The maximum atomic E-state index is 12.9. The molecule has 4 rings (SSSR count). The highest BCUT2D eigenvalue weighted by Crippen LogP contribution is 2.58. The zero-order chi connectivity index (χ0) is 16.7. The lowest BCUT2D eigenvalue weighted by atomic mass is 10.0. The number of nitrogens with one attached hydrogen (secondary N) is 1. The van der Waals surface area contributed by atoms with Gasteiger partial charge in [0.15, 0.2) is 0 Å². The lowest BCUT2D eigenvalue weighted by Crippen LogP contribution is -2.32. The molecule has 2 heterocycles. The number of halogens is 1. The summed E-state index contributed by atoms with van der Waals surface area (Å²) in [4.78, 5) is 30.4. The van der Waals surface area contributed by atoms with Crippen molar-refractivity contribution in [3.05, 3.63) is 29.8 Å². The molecule has 128 valence electrons. The van der Waals surface area contributed by atoms with Gasteiger partial charge >= 0.3 is 0 Å². The minimum absolute atomic E-state index is 0.000477. The minimum Gasteiger partial charge on any atom is -0.356 e. The molecule has 24 heavy (non-hydrogen) atoms. The van der Waals surface area contributed by atoms with Crippen molar-refractivity contribution in [2.24, 2.45) is 17.3 Å². The third kappa shape index (κ3) is 3.14. The van der Waals surface area contributed by atoms with Crippen molar-refractivity contribution in [1.82, 2.24) is 15.2 Å². The molecule has 0 bridgehead atoms. The third-order valence-corrected chi connectivity index (χ3v) is 5.63. The van der Waals surface area contributed by atoms with Gasteiger partial charge < -0.3 is 10.2 Å². The van der Waals surface area contributed by atoms with Gasteiger partial charge in [0.1, 0.15) is 5.82 Å². The van der Waals surface area contributed by atoms with Gasteiger partial charge in [-0.15, -0.1) is 0 Å². The predicted molar refractivity (Wildman–Crippen MR) is 85.4 cm³/mol. The fourth-order valence-electron chi connectivity index (χ4n) is 3.75. The van der Waals surface area contributed by atoms with Crippen LogP contribution in [0.1, 0.15) is 31.4 Å². The first-order valence-electron chi connectivity index (χ1n) is 8.72. The van der Waals surface area contributed by atoms with Crippen molar-refractivity contribution in [1.29, 1.82) is 0 Å². The zero-order valence-electron chi connectivity index (χ0n) is 13.6. The molecule has 6 heteroatoms. The number of hydrogen-bond acceptors (Lipinski definition) is 3. The molecule has 1 saturated heterocycles. The van der Waals surface area contributed by atoms with Crippen molar-refractivity contribution in [3.8, 4) is 0 Å². The van der Waals surface area contributed by atoms with Crippen LogP contribution in [-0.2, 0) is 16.0 Å². The van der Waals surface area contributed by atoms with Crippen LogP contribution in [0.2, 0.25) is 0 Å². The summed E-state index contributed by atoms with van der Waals surface area (Å²) in [6.45, 7) is 2.17. The molecule has 2 amide bonds. The molecule has 1 N–H and O–H groups in total. The average molecular weight is 331 g/mol. The largest absolute Gasteiger partial charge is 0.356 e. The molecule has 1 spiro atoms. The van der Waals surface area contributed by atoms with E-state index in [1.54, 1.807) is 6.07 Å². The average Bonchev–Trinajstić information content (AvgIpc) is 3.46. The number of pyridine rings is 1. The third-order valence-electron chi connectivity index (χ3n) is 5.63. The summed E-state index contributed by atoms with van der Waals surface area (Å²) >= 11 is 0. The molecular formula is C18H22FN3O2. The van der Waals surface area contributed by atoms with Crippen molar-refractivity contribution >= 4 is 11.8 Å². The van der Waals surface area contributed by atoms with Crippen molar-refractivity contribution in [2.75, 3.05) is 19.6 Å². The Hall–Kier alpha value is -1.98. The summed E-state index contributed by atoms with van der Waals surface area (Å²) in [7, 11) is 0. The van der Waals surface area contributed by atoms with Crippen LogP contribution in [0.25, 0.3) is 0 Å². The topological polar surface area (TPSA) is 62.3 Å². The highest BCUT2D eigenvalue weighted by atomic mass is 19.1. The molecule has 3 fully saturated rings. The zero-order valence-corrected chi connectivity index (χ0v) is 13.6. The van der Waals surface area contributed by atoms with Gasteiger partial charge in [-0.3, -0.25) is 14.6 Å². The quantitative estimate of drug-likeness (QED) is 0.890. The second kappa shape index (κ2) is 5.83. The molecule has 2 unspecified atom stereocenters. The van der Waals surface area contributed by atoms with E-state index >= 15 is 0 Å². The molecular weight excluding hydrogens is 309 g/mol. The Labute approximate surface area is 140 Å². The highest BCUT2D eigenvalue weighted by molar-refractivity contribution is 5.84. The van der Waals surface area contributed by atoms with Crippen LogP contribution in [0.15, 0.2) is 18.3 Å². The van der Waals surface area contributed by atoms with E-state index in [1.165, 1.54) is 18.9 Å². The van der Waals surface area contributed by atoms with Crippen molar-refractivity contribution in [2.45, 2.75) is 32.1 Å². The molecule has 2 atom stereocenters. The first-order chi connectivity index (χ1) is 11.6. The Balaban J connectivity index is 1.29. The number of rotatable bonds is 5. The summed E-state index contributed by atoms with van der Waals surface area (Å²) in [6.07, 6.45) is 5.58. The Morgan fingerprint density at radius 3 is 2.92 bits per heavy atom. The number of likely N-dealkylation sites (tertiary alicyclic amines) is 1. The fraction of sp³-hybridized carbons (Fsp3) is 0.611. The van der Waals surface area contributed by atoms with Crippen LogP contribution >= 0.6 is 0 Å². The molecule has 1 aromatic rings. The Bertz CT molecular complexity index is 659. The molecule has 2 aliphatic carbocycles. The van der Waals surface area contributed by atoms with E-state index in [9.17, 15) is 14.0 Å². The van der Waals surface area contributed by atoms with Crippen LogP contribution in [0.5, 0.6) is 0 Å². The van der Waals surface area contributed by atoms with Gasteiger partial charge in [0.25, 0.3) is 0 Å². The van der Waals surface area contributed by atoms with Crippen LogP contribution in [0, 0.1) is 23.1 Å². The minimum atomic E-state index is -0.399. The first kappa shape index (κ1) is 15.5.